The molecule has 0 atom stereocenters. The summed E-state index contributed by atoms with van der Waals surface area (Å²) in [6, 6.07) is 8.14. The van der Waals surface area contributed by atoms with E-state index in [1.54, 1.807) is 24.1 Å². The van der Waals surface area contributed by atoms with Gasteiger partial charge >= 0.3 is 0 Å². The van der Waals surface area contributed by atoms with Gasteiger partial charge in [0.2, 0.25) is 0 Å². The Labute approximate surface area is 125 Å². The van der Waals surface area contributed by atoms with Gasteiger partial charge in [-0.05, 0) is 17.7 Å². The summed E-state index contributed by atoms with van der Waals surface area (Å²) in [4.78, 5) is 13.2. The lowest BCUT2D eigenvalue weighted by molar-refractivity contribution is 0.100. The van der Waals surface area contributed by atoms with E-state index in [2.05, 4.69) is 0 Å². The van der Waals surface area contributed by atoms with E-state index < -0.39 is 5.91 Å². The first-order valence-electron chi connectivity index (χ1n) is 6.01. The summed E-state index contributed by atoms with van der Waals surface area (Å²) in [6.07, 6.45) is 0. The Hall–Kier alpha value is -2.59. The molecule has 21 heavy (non-hydrogen) atoms. The lowest BCUT2D eigenvalue weighted by atomic mass is 10.2. The van der Waals surface area contributed by atoms with Gasteiger partial charge in [0.15, 0.2) is 0 Å². The van der Waals surface area contributed by atoms with E-state index in [0.29, 0.717) is 11.5 Å². The minimum absolute atomic E-state index is 0.0936. The van der Waals surface area contributed by atoms with E-state index in [1.165, 1.54) is 12.1 Å². The number of hydrogen-bond donors (Lipinski definition) is 2. The minimum atomic E-state index is -0.667. The molecule has 0 saturated carbocycles. The fourth-order valence-electron chi connectivity index (χ4n) is 1.97. The lowest BCUT2D eigenvalue weighted by Crippen LogP contribution is -2.16. The molecule has 1 heterocycles. The van der Waals surface area contributed by atoms with Crippen molar-refractivity contribution in [1.29, 1.82) is 5.26 Å². The Balaban J connectivity index is 2.35. The van der Waals surface area contributed by atoms with Crippen LogP contribution in [-0.4, -0.2) is 13.0 Å². The third-order valence-corrected chi connectivity index (χ3v) is 4.25. The molecular weight excluding hydrogens is 291 g/mol. The maximum atomic E-state index is 13.2. The standard InChI is InChI=1S/C14H13FN4OS/c1-19(7-8-3-2-4-9(15)5-8)14-10(6-16)11(17)12(21-14)13(18)20/h2-5H,7,17H2,1H3,(H2,18,20). The number of nitriles is 1. The van der Waals surface area contributed by atoms with E-state index in [0.717, 1.165) is 16.9 Å². The van der Waals surface area contributed by atoms with Crippen LogP contribution in [0.5, 0.6) is 0 Å². The Kier molecular flexibility index (Phi) is 4.10. The number of hydrogen-bond acceptors (Lipinski definition) is 5. The molecule has 0 bridgehead atoms. The molecule has 0 radical (unpaired) electrons. The van der Waals surface area contributed by atoms with Crippen LogP contribution in [0.3, 0.4) is 0 Å². The summed E-state index contributed by atoms with van der Waals surface area (Å²) in [6.45, 7) is 0.380. The molecule has 0 fully saturated rings. The molecule has 2 aromatic rings. The number of carbonyl (C=O) groups excluding carboxylic acids is 1. The Morgan fingerprint density at radius 3 is 2.81 bits per heavy atom. The van der Waals surface area contributed by atoms with Crippen LogP contribution in [0.4, 0.5) is 15.1 Å². The van der Waals surface area contributed by atoms with Crippen molar-refractivity contribution in [3.05, 3.63) is 46.1 Å². The topological polar surface area (TPSA) is 96.1 Å². The molecule has 4 N–H and O–H groups in total. The first-order chi connectivity index (χ1) is 9.93. The average Bonchev–Trinajstić information content (AvgIpc) is 2.75. The zero-order valence-corrected chi connectivity index (χ0v) is 12.1. The SMILES string of the molecule is CN(Cc1cccc(F)c1)c1sc(C(N)=O)c(N)c1C#N. The molecule has 1 aromatic heterocycles. The number of primary amides is 1. The van der Waals surface area contributed by atoms with Gasteiger partial charge < -0.3 is 16.4 Å². The van der Waals surface area contributed by atoms with E-state index in [9.17, 15) is 14.4 Å². The second-order valence-corrected chi connectivity index (χ2v) is 5.49. The highest BCUT2D eigenvalue weighted by atomic mass is 32.1. The summed E-state index contributed by atoms with van der Waals surface area (Å²) in [7, 11) is 1.74. The number of anilines is 2. The number of nitrogen functional groups attached to an aromatic ring is 1. The molecular formula is C14H13FN4OS. The molecule has 0 spiro atoms. The van der Waals surface area contributed by atoms with Gasteiger partial charge in [-0.25, -0.2) is 4.39 Å². The molecule has 2 rings (SSSR count). The van der Waals surface area contributed by atoms with Gasteiger partial charge in [-0.3, -0.25) is 4.79 Å². The molecule has 7 heteroatoms. The second kappa shape index (κ2) is 5.81. The van der Waals surface area contributed by atoms with Gasteiger partial charge in [-0.2, -0.15) is 5.26 Å². The van der Waals surface area contributed by atoms with Gasteiger partial charge in [-0.1, -0.05) is 12.1 Å². The first kappa shape index (κ1) is 14.8. The number of carbonyl (C=O) groups is 1. The number of halogens is 1. The number of nitrogens with zero attached hydrogens (tertiary/aromatic N) is 2. The van der Waals surface area contributed by atoms with Crippen LogP contribution < -0.4 is 16.4 Å². The molecule has 0 aliphatic rings. The predicted molar refractivity (Wildman–Crippen MR) is 80.5 cm³/mol. The number of thiophene rings is 1. The van der Waals surface area contributed by atoms with E-state index in [1.807, 2.05) is 6.07 Å². The van der Waals surface area contributed by atoms with Crippen LogP contribution in [0.25, 0.3) is 0 Å². The molecule has 1 amide bonds. The molecule has 5 nitrogen and oxygen atoms in total. The van der Waals surface area contributed by atoms with Gasteiger partial charge in [0.05, 0.1) is 5.69 Å². The molecule has 1 aromatic carbocycles. The molecule has 0 aliphatic carbocycles. The maximum Gasteiger partial charge on any atom is 0.261 e. The largest absolute Gasteiger partial charge is 0.396 e. The van der Waals surface area contributed by atoms with Crippen molar-refractivity contribution in [3.8, 4) is 6.07 Å². The minimum Gasteiger partial charge on any atom is -0.396 e. The Morgan fingerprint density at radius 2 is 2.24 bits per heavy atom. The van der Waals surface area contributed by atoms with Crippen molar-refractivity contribution in [2.45, 2.75) is 6.54 Å². The number of nitrogens with two attached hydrogens (primary N) is 2. The van der Waals surface area contributed by atoms with E-state index in [4.69, 9.17) is 11.5 Å². The summed E-state index contributed by atoms with van der Waals surface area (Å²) >= 11 is 1.06. The zero-order valence-electron chi connectivity index (χ0n) is 11.3. The van der Waals surface area contributed by atoms with E-state index >= 15 is 0 Å². The van der Waals surface area contributed by atoms with Gasteiger partial charge in [0, 0.05) is 13.6 Å². The highest BCUT2D eigenvalue weighted by molar-refractivity contribution is 7.19. The van der Waals surface area contributed by atoms with Crippen molar-refractivity contribution in [3.63, 3.8) is 0 Å². The normalized spacial score (nSPS) is 10.1. The molecule has 0 unspecified atom stereocenters. The quantitative estimate of drug-likeness (QED) is 0.903. The summed E-state index contributed by atoms with van der Waals surface area (Å²) in [5, 5.41) is 9.73. The van der Waals surface area contributed by atoms with Gasteiger partial charge in [-0.15, -0.1) is 11.3 Å². The molecule has 0 aliphatic heterocycles. The van der Waals surface area contributed by atoms with Crippen molar-refractivity contribution in [2.75, 3.05) is 17.7 Å². The highest BCUT2D eigenvalue weighted by Gasteiger charge is 2.21. The summed E-state index contributed by atoms with van der Waals surface area (Å²) in [5.41, 5.74) is 12.1. The molecule has 108 valence electrons. The van der Waals surface area contributed by atoms with Crippen LogP contribution in [0, 0.1) is 17.1 Å². The van der Waals surface area contributed by atoms with Crippen molar-refractivity contribution in [2.24, 2.45) is 5.73 Å². The monoisotopic (exact) mass is 304 g/mol. The predicted octanol–water partition coefficient (Wildman–Crippen LogP) is 2.08. The van der Waals surface area contributed by atoms with E-state index in [-0.39, 0.29) is 21.9 Å². The van der Waals surface area contributed by atoms with Crippen molar-refractivity contribution in [1.82, 2.24) is 0 Å². The summed E-state index contributed by atoms with van der Waals surface area (Å²) in [5.74, 6) is -0.996. The maximum absolute atomic E-state index is 13.2. The van der Waals surface area contributed by atoms with Crippen molar-refractivity contribution < 1.29 is 9.18 Å². The Morgan fingerprint density at radius 1 is 1.52 bits per heavy atom. The fourth-order valence-corrected chi connectivity index (χ4v) is 2.96. The zero-order chi connectivity index (χ0) is 15.6. The third kappa shape index (κ3) is 2.95. The molecule has 0 saturated heterocycles. The van der Waals surface area contributed by atoms with Crippen LogP contribution >= 0.6 is 11.3 Å². The first-order valence-corrected chi connectivity index (χ1v) is 6.83. The number of rotatable bonds is 4. The Bertz CT molecular complexity index is 735. The average molecular weight is 304 g/mol. The fraction of sp³-hybridized carbons (Fsp3) is 0.143. The van der Waals surface area contributed by atoms with Gasteiger partial charge in [0.1, 0.15) is 27.3 Å². The number of benzene rings is 1. The van der Waals surface area contributed by atoms with Crippen LogP contribution in [0.15, 0.2) is 24.3 Å². The number of amides is 1. The van der Waals surface area contributed by atoms with Crippen molar-refractivity contribution >= 4 is 27.9 Å². The second-order valence-electron chi connectivity index (χ2n) is 4.49. The third-order valence-electron chi connectivity index (χ3n) is 2.92. The highest BCUT2D eigenvalue weighted by Crippen LogP contribution is 2.37. The van der Waals surface area contributed by atoms with Crippen LogP contribution in [0.1, 0.15) is 20.8 Å². The smallest absolute Gasteiger partial charge is 0.261 e. The van der Waals surface area contributed by atoms with Gasteiger partial charge in [0.25, 0.3) is 5.91 Å². The summed E-state index contributed by atoms with van der Waals surface area (Å²) < 4.78 is 13.2. The van der Waals surface area contributed by atoms with Crippen LogP contribution in [0.2, 0.25) is 0 Å². The van der Waals surface area contributed by atoms with Crippen LogP contribution in [-0.2, 0) is 6.54 Å². The lowest BCUT2D eigenvalue weighted by Gasteiger charge is -2.17.